The van der Waals surface area contributed by atoms with Crippen molar-refractivity contribution in [3.8, 4) is 0 Å². The van der Waals surface area contributed by atoms with E-state index in [0.29, 0.717) is 5.92 Å². The second kappa shape index (κ2) is 5.01. The molecule has 0 amide bonds. The Bertz CT molecular complexity index is 618. The van der Waals surface area contributed by atoms with Gasteiger partial charge in [-0.05, 0) is 43.9 Å². The summed E-state index contributed by atoms with van der Waals surface area (Å²) in [5, 5.41) is 5.36. The van der Waals surface area contributed by atoms with Crippen LogP contribution in [-0.4, -0.2) is 11.5 Å². The third-order valence-electron chi connectivity index (χ3n) is 3.69. The number of pyridine rings is 1. The molecule has 1 N–H and O–H groups in total. The van der Waals surface area contributed by atoms with Crippen molar-refractivity contribution in [1.82, 2.24) is 4.98 Å². The lowest BCUT2D eigenvalue weighted by Gasteiger charge is -2.13. The summed E-state index contributed by atoms with van der Waals surface area (Å²) in [6, 6.07) is 6.22. The number of anilines is 1. The first-order valence-electron chi connectivity index (χ1n) is 7.04. The predicted octanol–water partition coefficient (Wildman–Crippen LogP) is 4.90. The molecule has 100 valence electrons. The zero-order valence-corrected chi connectivity index (χ0v) is 12.2. The van der Waals surface area contributed by atoms with Crippen LogP contribution >= 0.6 is 11.6 Å². The molecule has 3 heteroatoms. The van der Waals surface area contributed by atoms with Gasteiger partial charge in [-0.15, -0.1) is 0 Å². The highest BCUT2D eigenvalue weighted by Crippen LogP contribution is 2.42. The van der Waals surface area contributed by atoms with Crippen LogP contribution in [0.4, 0.5) is 5.69 Å². The van der Waals surface area contributed by atoms with Crippen LogP contribution in [0.25, 0.3) is 10.9 Å². The zero-order chi connectivity index (χ0) is 13.4. The highest BCUT2D eigenvalue weighted by atomic mass is 35.5. The number of rotatable bonds is 4. The van der Waals surface area contributed by atoms with Crippen LogP contribution in [0.1, 0.15) is 43.4 Å². The molecule has 1 aliphatic rings. The summed E-state index contributed by atoms with van der Waals surface area (Å²) in [6.07, 6.45) is 3.64. The Labute approximate surface area is 119 Å². The van der Waals surface area contributed by atoms with E-state index in [2.05, 4.69) is 31.3 Å². The van der Waals surface area contributed by atoms with Gasteiger partial charge >= 0.3 is 0 Å². The van der Waals surface area contributed by atoms with E-state index < -0.39 is 0 Å². The lowest BCUT2D eigenvalue weighted by atomic mass is 10.1. The summed E-state index contributed by atoms with van der Waals surface area (Å²) in [4.78, 5) is 4.84. The summed E-state index contributed by atoms with van der Waals surface area (Å²) in [5.41, 5.74) is 4.61. The molecule has 19 heavy (non-hydrogen) atoms. The third kappa shape index (κ3) is 2.42. The number of aromatic nitrogens is 1. The molecule has 1 saturated carbocycles. The van der Waals surface area contributed by atoms with E-state index in [0.717, 1.165) is 34.6 Å². The molecular weight excluding hydrogens is 256 g/mol. The monoisotopic (exact) mass is 274 g/mol. The van der Waals surface area contributed by atoms with Crippen LogP contribution in [0.15, 0.2) is 18.2 Å². The first-order chi connectivity index (χ1) is 9.20. The normalized spacial score (nSPS) is 14.9. The van der Waals surface area contributed by atoms with Gasteiger partial charge in [0.2, 0.25) is 0 Å². The molecule has 1 aliphatic carbocycles. The van der Waals surface area contributed by atoms with Crippen molar-refractivity contribution in [3.63, 3.8) is 0 Å². The fourth-order valence-corrected chi connectivity index (χ4v) is 2.69. The fourth-order valence-electron chi connectivity index (χ4n) is 2.44. The maximum atomic E-state index is 6.38. The van der Waals surface area contributed by atoms with Crippen molar-refractivity contribution in [2.45, 2.75) is 39.0 Å². The minimum atomic E-state index is 0.657. The zero-order valence-electron chi connectivity index (χ0n) is 11.5. The quantitative estimate of drug-likeness (QED) is 0.858. The standard InChI is InChI=1S/C16H19ClN2/c1-3-8-18-14-9-13(11-5-6-11)19-16-10(2)4-7-12(17)15(14)16/h4,7,9,11H,3,5-6,8H2,1-2H3,(H,18,19). The van der Waals surface area contributed by atoms with Gasteiger partial charge in [0, 0.05) is 29.2 Å². The van der Waals surface area contributed by atoms with Gasteiger partial charge in [-0.2, -0.15) is 0 Å². The van der Waals surface area contributed by atoms with Crippen molar-refractivity contribution in [2.24, 2.45) is 0 Å². The first kappa shape index (κ1) is 12.7. The number of aryl methyl sites for hydroxylation is 1. The van der Waals surface area contributed by atoms with Crippen molar-refractivity contribution in [2.75, 3.05) is 11.9 Å². The van der Waals surface area contributed by atoms with Gasteiger partial charge in [-0.3, -0.25) is 4.98 Å². The summed E-state index contributed by atoms with van der Waals surface area (Å²) in [7, 11) is 0. The fraction of sp³-hybridized carbons (Fsp3) is 0.438. The lowest BCUT2D eigenvalue weighted by Crippen LogP contribution is -2.03. The molecule has 1 heterocycles. The summed E-state index contributed by atoms with van der Waals surface area (Å²) >= 11 is 6.38. The van der Waals surface area contributed by atoms with Crippen molar-refractivity contribution >= 4 is 28.2 Å². The predicted molar refractivity (Wildman–Crippen MR) is 82.2 cm³/mol. The Kier molecular flexibility index (Phi) is 3.36. The average Bonchev–Trinajstić information content (AvgIpc) is 3.24. The Morgan fingerprint density at radius 2 is 2.16 bits per heavy atom. The SMILES string of the molecule is CCCNc1cc(C2CC2)nc2c(C)ccc(Cl)c12. The lowest BCUT2D eigenvalue weighted by molar-refractivity contribution is 0.976. The van der Waals surface area contributed by atoms with E-state index in [-0.39, 0.29) is 0 Å². The second-order valence-electron chi connectivity index (χ2n) is 5.38. The molecule has 0 radical (unpaired) electrons. The number of halogens is 1. The Morgan fingerprint density at radius 1 is 1.37 bits per heavy atom. The molecule has 2 aromatic rings. The van der Waals surface area contributed by atoms with E-state index >= 15 is 0 Å². The summed E-state index contributed by atoms with van der Waals surface area (Å²) < 4.78 is 0. The molecule has 2 nitrogen and oxygen atoms in total. The topological polar surface area (TPSA) is 24.9 Å². The largest absolute Gasteiger partial charge is 0.384 e. The number of fused-ring (bicyclic) bond motifs is 1. The second-order valence-corrected chi connectivity index (χ2v) is 5.79. The smallest absolute Gasteiger partial charge is 0.0770 e. The molecule has 0 saturated heterocycles. The van der Waals surface area contributed by atoms with Crippen LogP contribution in [0.2, 0.25) is 5.02 Å². The summed E-state index contributed by atoms with van der Waals surface area (Å²) in [6.45, 7) is 5.24. The van der Waals surface area contributed by atoms with Crippen LogP contribution in [-0.2, 0) is 0 Å². The van der Waals surface area contributed by atoms with Crippen molar-refractivity contribution < 1.29 is 0 Å². The maximum Gasteiger partial charge on any atom is 0.0770 e. The van der Waals surface area contributed by atoms with Gasteiger partial charge in [0.15, 0.2) is 0 Å². The average molecular weight is 275 g/mol. The molecule has 0 spiro atoms. The highest BCUT2D eigenvalue weighted by molar-refractivity contribution is 6.36. The highest BCUT2D eigenvalue weighted by Gasteiger charge is 2.26. The minimum Gasteiger partial charge on any atom is -0.384 e. The van der Waals surface area contributed by atoms with E-state index in [1.54, 1.807) is 0 Å². The molecule has 0 aliphatic heterocycles. The first-order valence-corrected chi connectivity index (χ1v) is 7.42. The molecular formula is C16H19ClN2. The van der Waals surface area contributed by atoms with E-state index in [1.807, 2.05) is 6.07 Å². The Balaban J connectivity index is 2.20. The number of nitrogens with one attached hydrogen (secondary N) is 1. The van der Waals surface area contributed by atoms with Gasteiger partial charge in [0.1, 0.15) is 0 Å². The summed E-state index contributed by atoms with van der Waals surface area (Å²) in [5.74, 6) is 0.657. The van der Waals surface area contributed by atoms with Gasteiger partial charge in [-0.1, -0.05) is 24.6 Å². The number of hydrogen-bond donors (Lipinski definition) is 1. The van der Waals surface area contributed by atoms with Gasteiger partial charge in [0.25, 0.3) is 0 Å². The Morgan fingerprint density at radius 3 is 2.84 bits per heavy atom. The Hall–Kier alpha value is -1.28. The van der Waals surface area contributed by atoms with Gasteiger partial charge < -0.3 is 5.32 Å². The molecule has 1 aromatic heterocycles. The molecule has 1 fully saturated rings. The molecule has 0 atom stereocenters. The van der Waals surface area contributed by atoms with Crippen molar-refractivity contribution in [3.05, 3.63) is 34.5 Å². The molecule has 0 bridgehead atoms. The number of benzene rings is 1. The van der Waals surface area contributed by atoms with Crippen LogP contribution in [0.5, 0.6) is 0 Å². The van der Waals surface area contributed by atoms with Crippen molar-refractivity contribution in [1.29, 1.82) is 0 Å². The maximum absolute atomic E-state index is 6.38. The van der Waals surface area contributed by atoms with Gasteiger partial charge in [-0.25, -0.2) is 0 Å². The number of hydrogen-bond acceptors (Lipinski definition) is 2. The third-order valence-corrected chi connectivity index (χ3v) is 4.01. The van der Waals surface area contributed by atoms with Crippen LogP contribution in [0, 0.1) is 6.92 Å². The van der Waals surface area contributed by atoms with E-state index in [9.17, 15) is 0 Å². The minimum absolute atomic E-state index is 0.657. The van der Waals surface area contributed by atoms with E-state index in [1.165, 1.54) is 24.1 Å². The molecule has 0 unspecified atom stereocenters. The van der Waals surface area contributed by atoms with Crippen LogP contribution < -0.4 is 5.32 Å². The van der Waals surface area contributed by atoms with Gasteiger partial charge in [0.05, 0.1) is 10.5 Å². The molecule has 1 aromatic carbocycles. The molecule has 3 rings (SSSR count). The van der Waals surface area contributed by atoms with Crippen LogP contribution in [0.3, 0.4) is 0 Å². The van der Waals surface area contributed by atoms with E-state index in [4.69, 9.17) is 16.6 Å². The number of nitrogens with zero attached hydrogens (tertiary/aromatic N) is 1.